The highest BCUT2D eigenvalue weighted by Gasteiger charge is 2.56. The molecule has 3 saturated heterocycles. The van der Waals surface area contributed by atoms with Gasteiger partial charge in [-0.2, -0.15) is 5.10 Å². The van der Waals surface area contributed by atoms with Gasteiger partial charge in [-0.15, -0.1) is 0 Å². The van der Waals surface area contributed by atoms with Crippen molar-refractivity contribution in [3.8, 4) is 0 Å². The van der Waals surface area contributed by atoms with E-state index in [9.17, 15) is 9.90 Å². The third kappa shape index (κ3) is 2.77. The number of fused-ring (bicyclic) bond motifs is 3. The molecule has 0 unspecified atom stereocenters. The maximum atomic E-state index is 13.2. The smallest absolute Gasteiger partial charge is 0.276 e. The van der Waals surface area contributed by atoms with Crippen molar-refractivity contribution in [1.82, 2.24) is 14.7 Å². The Morgan fingerprint density at radius 1 is 1.44 bits per heavy atom. The Bertz CT molecular complexity index is 666. The third-order valence-electron chi connectivity index (χ3n) is 5.96. The first kappa shape index (κ1) is 17.3. The van der Waals surface area contributed by atoms with Crippen LogP contribution < -0.4 is 0 Å². The fraction of sp³-hybridized carbons (Fsp3) is 0.765. The lowest BCUT2D eigenvalue weighted by Gasteiger charge is -2.57. The fourth-order valence-electron chi connectivity index (χ4n) is 4.53. The maximum absolute atomic E-state index is 13.2. The Morgan fingerprint density at radius 2 is 2.24 bits per heavy atom. The number of rotatable bonds is 2. The minimum Gasteiger partial charge on any atom is -0.389 e. The van der Waals surface area contributed by atoms with Crippen LogP contribution in [0.3, 0.4) is 0 Å². The van der Waals surface area contributed by atoms with Gasteiger partial charge in [-0.3, -0.25) is 9.48 Å². The number of carbonyl (C=O) groups is 1. The second-order valence-corrected chi connectivity index (χ2v) is 7.60. The summed E-state index contributed by atoms with van der Waals surface area (Å²) in [7, 11) is 0. The normalized spacial score (nSPS) is 35.2. The molecule has 25 heavy (non-hydrogen) atoms. The lowest BCUT2D eigenvalue weighted by Crippen LogP contribution is -2.68. The topological polar surface area (TPSA) is 76.8 Å². The molecule has 0 radical (unpaired) electrons. The second-order valence-electron chi connectivity index (χ2n) is 7.19. The predicted molar refractivity (Wildman–Crippen MR) is 90.5 cm³/mol. The molecule has 0 bridgehead atoms. The summed E-state index contributed by atoms with van der Waals surface area (Å²) in [5.41, 5.74) is -0.539. The van der Waals surface area contributed by atoms with Crippen LogP contribution >= 0.6 is 11.6 Å². The van der Waals surface area contributed by atoms with Crippen molar-refractivity contribution in [2.75, 3.05) is 33.0 Å². The van der Waals surface area contributed by atoms with E-state index in [1.165, 1.54) is 0 Å². The van der Waals surface area contributed by atoms with Gasteiger partial charge in [0.15, 0.2) is 5.69 Å². The molecule has 3 aliphatic rings. The van der Waals surface area contributed by atoms with Crippen LogP contribution in [0.2, 0.25) is 5.02 Å². The van der Waals surface area contributed by atoms with Gasteiger partial charge >= 0.3 is 0 Å². The summed E-state index contributed by atoms with van der Waals surface area (Å²) in [6, 6.07) is -0.0524. The van der Waals surface area contributed by atoms with Gasteiger partial charge in [0.2, 0.25) is 0 Å². The minimum atomic E-state index is -0.827. The zero-order chi connectivity index (χ0) is 17.6. The Labute approximate surface area is 151 Å². The van der Waals surface area contributed by atoms with Crippen LogP contribution in [-0.4, -0.2) is 70.3 Å². The average molecular weight is 370 g/mol. The van der Waals surface area contributed by atoms with Crippen LogP contribution in [0.25, 0.3) is 0 Å². The van der Waals surface area contributed by atoms with Gasteiger partial charge in [0.1, 0.15) is 0 Å². The molecule has 0 aliphatic carbocycles. The van der Waals surface area contributed by atoms with Crippen LogP contribution in [0, 0.1) is 11.8 Å². The van der Waals surface area contributed by atoms with Crippen molar-refractivity contribution in [3.63, 3.8) is 0 Å². The third-order valence-corrected chi connectivity index (χ3v) is 6.23. The van der Waals surface area contributed by atoms with Gasteiger partial charge in [-0.1, -0.05) is 11.6 Å². The van der Waals surface area contributed by atoms with Crippen molar-refractivity contribution < 1.29 is 19.4 Å². The number of ether oxygens (including phenoxy) is 2. The van der Waals surface area contributed by atoms with Gasteiger partial charge in [0, 0.05) is 56.8 Å². The van der Waals surface area contributed by atoms with E-state index in [1.807, 2.05) is 11.8 Å². The molecule has 4 rings (SSSR count). The predicted octanol–water partition coefficient (Wildman–Crippen LogP) is 1.18. The molecule has 138 valence electrons. The highest BCUT2D eigenvalue weighted by atomic mass is 35.5. The Morgan fingerprint density at radius 3 is 3.00 bits per heavy atom. The van der Waals surface area contributed by atoms with Crippen LogP contribution in [0.1, 0.15) is 30.3 Å². The average Bonchev–Trinajstić information content (AvgIpc) is 3.01. The Hall–Kier alpha value is -1.15. The number of piperidine rings is 1. The van der Waals surface area contributed by atoms with Crippen LogP contribution in [-0.2, 0) is 16.0 Å². The number of hydrogen-bond acceptors (Lipinski definition) is 5. The number of halogens is 1. The minimum absolute atomic E-state index is 0.0524. The number of carbonyl (C=O) groups excluding carboxylic acids is 1. The van der Waals surface area contributed by atoms with Crippen molar-refractivity contribution in [2.45, 2.75) is 38.0 Å². The van der Waals surface area contributed by atoms with E-state index < -0.39 is 5.60 Å². The number of aromatic nitrogens is 2. The summed E-state index contributed by atoms with van der Waals surface area (Å²) in [4.78, 5) is 15.0. The highest BCUT2D eigenvalue weighted by molar-refractivity contribution is 6.33. The molecule has 0 spiro atoms. The molecule has 7 nitrogen and oxygen atoms in total. The summed E-state index contributed by atoms with van der Waals surface area (Å²) in [6.07, 6.45) is 2.99. The molecule has 3 aliphatic heterocycles. The number of likely N-dealkylation sites (tertiary alicyclic amines) is 1. The first-order chi connectivity index (χ1) is 12.0. The number of nitrogens with zero attached hydrogens (tertiary/aromatic N) is 3. The number of aliphatic hydroxyl groups is 1. The van der Waals surface area contributed by atoms with E-state index in [0.29, 0.717) is 51.0 Å². The molecule has 3 fully saturated rings. The molecular formula is C17H24ClN3O4. The molecule has 1 amide bonds. The van der Waals surface area contributed by atoms with Crippen LogP contribution in [0.15, 0.2) is 6.20 Å². The van der Waals surface area contributed by atoms with Crippen molar-refractivity contribution in [3.05, 3.63) is 16.9 Å². The molecule has 0 saturated carbocycles. The van der Waals surface area contributed by atoms with Crippen LogP contribution in [0.5, 0.6) is 0 Å². The van der Waals surface area contributed by atoms with E-state index >= 15 is 0 Å². The zero-order valence-corrected chi connectivity index (χ0v) is 15.1. The van der Waals surface area contributed by atoms with Crippen molar-refractivity contribution in [1.29, 1.82) is 0 Å². The summed E-state index contributed by atoms with van der Waals surface area (Å²) >= 11 is 6.25. The van der Waals surface area contributed by atoms with E-state index in [1.54, 1.807) is 10.9 Å². The van der Waals surface area contributed by atoms with Crippen molar-refractivity contribution >= 4 is 17.5 Å². The largest absolute Gasteiger partial charge is 0.389 e. The lowest BCUT2D eigenvalue weighted by atomic mass is 9.66. The monoisotopic (exact) mass is 369 g/mol. The van der Waals surface area contributed by atoms with E-state index in [0.717, 1.165) is 6.42 Å². The summed E-state index contributed by atoms with van der Waals surface area (Å²) in [5, 5.41) is 16.0. The summed E-state index contributed by atoms with van der Waals surface area (Å²) < 4.78 is 12.9. The molecule has 1 aromatic rings. The van der Waals surface area contributed by atoms with Gasteiger partial charge in [0.25, 0.3) is 5.91 Å². The summed E-state index contributed by atoms with van der Waals surface area (Å²) in [5.74, 6) is -0.373. The molecule has 4 heterocycles. The standard InChI is InChI=1S/C17H24ClN3O4/c1-2-20-8-13(18)15(19-20)16(22)21-7-11-9-25-6-4-17(11,23)12-10-24-5-3-14(12)21/h8,11-12,14,23H,2-7,9-10H2,1H3/t11-,12+,14-,17-/m0/s1. The van der Waals surface area contributed by atoms with Gasteiger partial charge in [-0.25, -0.2) is 0 Å². The summed E-state index contributed by atoms with van der Waals surface area (Å²) in [6.45, 7) is 5.15. The molecular weight excluding hydrogens is 346 g/mol. The molecule has 8 heteroatoms. The van der Waals surface area contributed by atoms with E-state index in [2.05, 4.69) is 5.10 Å². The first-order valence-electron chi connectivity index (χ1n) is 8.96. The molecule has 1 aromatic heterocycles. The fourth-order valence-corrected chi connectivity index (χ4v) is 4.76. The van der Waals surface area contributed by atoms with Crippen molar-refractivity contribution in [2.24, 2.45) is 11.8 Å². The van der Waals surface area contributed by atoms with E-state index in [4.69, 9.17) is 21.1 Å². The van der Waals surface area contributed by atoms with Gasteiger partial charge in [0.05, 0.1) is 23.8 Å². The van der Waals surface area contributed by atoms with Gasteiger partial charge in [-0.05, 0) is 13.3 Å². The number of aryl methyl sites for hydroxylation is 1. The Balaban J connectivity index is 1.66. The molecule has 4 atom stereocenters. The Kier molecular flexibility index (Phi) is 4.52. The zero-order valence-electron chi connectivity index (χ0n) is 14.4. The molecule has 0 aromatic carbocycles. The lowest BCUT2D eigenvalue weighted by molar-refractivity contribution is -0.212. The molecule has 1 N–H and O–H groups in total. The van der Waals surface area contributed by atoms with Gasteiger partial charge < -0.3 is 19.5 Å². The first-order valence-corrected chi connectivity index (χ1v) is 9.34. The quantitative estimate of drug-likeness (QED) is 0.847. The highest BCUT2D eigenvalue weighted by Crippen LogP contribution is 2.44. The SMILES string of the molecule is CCn1cc(Cl)c(C(=O)N2C[C@H]3COCC[C@@]3(O)[C@@H]3COCC[C@@H]32)n1. The number of hydrogen-bond donors (Lipinski definition) is 1. The van der Waals surface area contributed by atoms with Crippen LogP contribution in [0.4, 0.5) is 0 Å². The van der Waals surface area contributed by atoms with E-state index in [-0.39, 0.29) is 29.5 Å². The maximum Gasteiger partial charge on any atom is 0.276 e. The number of amides is 1. The second kappa shape index (κ2) is 6.54.